The summed E-state index contributed by atoms with van der Waals surface area (Å²) in [5, 5.41) is 19.6. The Morgan fingerprint density at radius 1 is 0.878 bits per heavy atom. The average molecular weight is 562 g/mol. The molecule has 0 saturated heterocycles. The van der Waals surface area contributed by atoms with Gasteiger partial charge in [0.05, 0.1) is 38.3 Å². The molecule has 0 saturated carbocycles. The Kier molecular flexibility index (Phi) is 12.2. The molecule has 0 radical (unpaired) electrons. The van der Waals surface area contributed by atoms with Crippen molar-refractivity contribution in [3.05, 3.63) is 95.6 Å². The van der Waals surface area contributed by atoms with E-state index in [0.29, 0.717) is 23.6 Å². The second-order valence-electron chi connectivity index (χ2n) is 9.66. The van der Waals surface area contributed by atoms with Gasteiger partial charge in [-0.3, -0.25) is 14.4 Å². The van der Waals surface area contributed by atoms with Gasteiger partial charge < -0.3 is 30.5 Å². The predicted molar refractivity (Wildman–Crippen MR) is 157 cm³/mol. The van der Waals surface area contributed by atoms with Crippen LogP contribution < -0.4 is 25.4 Å². The van der Waals surface area contributed by atoms with Crippen molar-refractivity contribution in [2.24, 2.45) is 0 Å². The first-order chi connectivity index (χ1) is 19.9. The average Bonchev–Trinajstić information content (AvgIpc) is 3.00. The zero-order valence-corrected chi connectivity index (χ0v) is 23.8. The Morgan fingerprint density at radius 2 is 1.56 bits per heavy atom. The van der Waals surface area contributed by atoms with E-state index in [9.17, 15) is 19.5 Å². The van der Waals surface area contributed by atoms with Crippen LogP contribution in [0.25, 0.3) is 0 Å². The van der Waals surface area contributed by atoms with Crippen LogP contribution in [0.3, 0.4) is 0 Å². The minimum Gasteiger partial charge on any atom is -0.497 e. The number of rotatable bonds is 15. The molecule has 0 fully saturated rings. The van der Waals surface area contributed by atoms with Crippen molar-refractivity contribution in [3.63, 3.8) is 0 Å². The lowest BCUT2D eigenvalue weighted by atomic mass is 9.97. The highest BCUT2D eigenvalue weighted by Crippen LogP contribution is 2.25. The van der Waals surface area contributed by atoms with Crippen LogP contribution in [-0.2, 0) is 16.0 Å². The number of aliphatic hydroxyl groups excluding tert-OH is 1. The topological polar surface area (TPSA) is 126 Å². The fraction of sp³-hybridized carbons (Fsp3) is 0.344. The minimum absolute atomic E-state index is 0.174. The van der Waals surface area contributed by atoms with E-state index < -0.39 is 30.0 Å². The third-order valence-electron chi connectivity index (χ3n) is 6.66. The highest BCUT2D eigenvalue weighted by Gasteiger charge is 2.30. The summed E-state index contributed by atoms with van der Waals surface area (Å²) in [6, 6.07) is 21.1. The summed E-state index contributed by atoms with van der Waals surface area (Å²) in [5.74, 6) is -0.530. The maximum absolute atomic E-state index is 13.8. The number of hydrogen-bond donors (Lipinski definition) is 4. The highest BCUT2D eigenvalue weighted by atomic mass is 16.5. The third-order valence-corrected chi connectivity index (χ3v) is 6.66. The summed E-state index contributed by atoms with van der Waals surface area (Å²) in [6.07, 6.45) is 0.730. The summed E-state index contributed by atoms with van der Waals surface area (Å²) in [4.78, 5) is 39.6. The lowest BCUT2D eigenvalue weighted by molar-refractivity contribution is -0.127. The second kappa shape index (κ2) is 16.0. The van der Waals surface area contributed by atoms with Gasteiger partial charge in [0, 0.05) is 12.6 Å². The Bertz CT molecular complexity index is 1270. The van der Waals surface area contributed by atoms with E-state index in [1.807, 2.05) is 43.3 Å². The predicted octanol–water partition coefficient (Wildman–Crippen LogP) is 3.57. The molecule has 9 heteroatoms. The highest BCUT2D eigenvalue weighted by molar-refractivity contribution is 6.00. The van der Waals surface area contributed by atoms with Gasteiger partial charge in [-0.05, 0) is 36.1 Å². The normalized spacial score (nSPS) is 12.9. The second-order valence-corrected chi connectivity index (χ2v) is 9.66. The molecule has 3 rings (SSSR count). The smallest absolute Gasteiger partial charge is 0.255 e. The van der Waals surface area contributed by atoms with Crippen molar-refractivity contribution in [1.29, 1.82) is 0 Å². The van der Waals surface area contributed by atoms with Crippen LogP contribution in [-0.4, -0.2) is 55.7 Å². The molecule has 0 aliphatic rings. The molecule has 0 aromatic heterocycles. The minimum atomic E-state index is -1.16. The Balaban J connectivity index is 1.85. The summed E-state index contributed by atoms with van der Waals surface area (Å²) in [6.45, 7) is 2.55. The number of amides is 3. The number of unbranched alkanes of at least 4 members (excludes halogenated alkanes) is 1. The maximum atomic E-state index is 13.8. The van der Waals surface area contributed by atoms with Crippen molar-refractivity contribution < 1.29 is 29.0 Å². The lowest BCUT2D eigenvalue weighted by Gasteiger charge is -2.27. The number of carbonyl (C=O) groups is 3. The van der Waals surface area contributed by atoms with Crippen molar-refractivity contribution >= 4 is 17.7 Å². The Morgan fingerprint density at radius 3 is 2.20 bits per heavy atom. The molecule has 3 aromatic carbocycles. The fourth-order valence-corrected chi connectivity index (χ4v) is 4.37. The summed E-state index contributed by atoms with van der Waals surface area (Å²) >= 11 is 0. The summed E-state index contributed by atoms with van der Waals surface area (Å²) < 4.78 is 10.6. The van der Waals surface area contributed by atoms with E-state index >= 15 is 0 Å². The Labute approximate surface area is 241 Å². The molecule has 3 unspecified atom stereocenters. The van der Waals surface area contributed by atoms with Crippen molar-refractivity contribution in [1.82, 2.24) is 16.0 Å². The molecule has 0 heterocycles. The molecule has 0 spiro atoms. The molecule has 3 amide bonds. The van der Waals surface area contributed by atoms with Crippen LogP contribution >= 0.6 is 0 Å². The molecule has 0 bridgehead atoms. The molecule has 3 aromatic rings. The monoisotopic (exact) mass is 561 g/mol. The molecular weight excluding hydrogens is 522 g/mol. The zero-order valence-electron chi connectivity index (χ0n) is 23.8. The van der Waals surface area contributed by atoms with Gasteiger partial charge in [0.2, 0.25) is 11.8 Å². The SMILES string of the molecule is CCCCNC(=O)CC(O)C(Cc1ccccc1)NC(=O)C(NC(=O)c1ccc(OC)cc1OC)c1ccccc1. The summed E-state index contributed by atoms with van der Waals surface area (Å²) in [7, 11) is 2.96. The molecule has 0 aliphatic heterocycles. The summed E-state index contributed by atoms with van der Waals surface area (Å²) in [5.41, 5.74) is 1.66. The van der Waals surface area contributed by atoms with Gasteiger partial charge in [0.25, 0.3) is 5.91 Å². The molecule has 0 aliphatic carbocycles. The van der Waals surface area contributed by atoms with Crippen LogP contribution in [0.2, 0.25) is 0 Å². The standard InChI is InChI=1S/C32H39N3O6/c1-4-5-18-33-29(37)21-27(36)26(19-22-12-8-6-9-13-22)34-32(39)30(23-14-10-7-11-15-23)35-31(38)25-17-16-24(40-2)20-28(25)41-3/h6-17,20,26-27,30,36H,4-5,18-19,21H2,1-3H3,(H,33,37)(H,34,39)(H,35,38). The maximum Gasteiger partial charge on any atom is 0.255 e. The van der Waals surface area contributed by atoms with Crippen LogP contribution in [0.5, 0.6) is 11.5 Å². The zero-order chi connectivity index (χ0) is 29.6. The lowest BCUT2D eigenvalue weighted by Crippen LogP contribution is -2.50. The van der Waals surface area contributed by atoms with Crippen LogP contribution in [0.15, 0.2) is 78.9 Å². The number of hydrogen-bond acceptors (Lipinski definition) is 6. The largest absolute Gasteiger partial charge is 0.497 e. The van der Waals surface area contributed by atoms with Crippen LogP contribution in [0, 0.1) is 0 Å². The number of aliphatic hydroxyl groups is 1. The van der Waals surface area contributed by atoms with Crippen molar-refractivity contribution in [3.8, 4) is 11.5 Å². The van der Waals surface area contributed by atoms with Crippen molar-refractivity contribution in [2.75, 3.05) is 20.8 Å². The van der Waals surface area contributed by atoms with Gasteiger partial charge in [-0.25, -0.2) is 0 Å². The number of methoxy groups -OCH3 is 2. The van der Waals surface area contributed by atoms with Gasteiger partial charge >= 0.3 is 0 Å². The fourth-order valence-electron chi connectivity index (χ4n) is 4.37. The van der Waals surface area contributed by atoms with Gasteiger partial charge in [0.1, 0.15) is 17.5 Å². The van der Waals surface area contributed by atoms with E-state index in [-0.39, 0.29) is 24.3 Å². The van der Waals surface area contributed by atoms with E-state index in [1.54, 1.807) is 42.5 Å². The van der Waals surface area contributed by atoms with Crippen molar-refractivity contribution in [2.45, 2.75) is 50.8 Å². The third kappa shape index (κ3) is 9.36. The molecule has 9 nitrogen and oxygen atoms in total. The quantitative estimate of drug-likeness (QED) is 0.210. The van der Waals surface area contributed by atoms with Crippen LogP contribution in [0.1, 0.15) is 53.7 Å². The number of ether oxygens (including phenoxy) is 2. The molecule has 4 N–H and O–H groups in total. The number of nitrogens with one attached hydrogen (secondary N) is 3. The molecule has 3 atom stereocenters. The molecule has 218 valence electrons. The number of benzene rings is 3. The number of carbonyl (C=O) groups excluding carboxylic acids is 3. The first-order valence-electron chi connectivity index (χ1n) is 13.7. The molecule has 41 heavy (non-hydrogen) atoms. The first-order valence-corrected chi connectivity index (χ1v) is 13.7. The van der Waals surface area contributed by atoms with E-state index in [4.69, 9.17) is 9.47 Å². The van der Waals surface area contributed by atoms with E-state index in [2.05, 4.69) is 16.0 Å². The van der Waals surface area contributed by atoms with E-state index in [1.165, 1.54) is 14.2 Å². The van der Waals surface area contributed by atoms with Gasteiger partial charge in [-0.2, -0.15) is 0 Å². The van der Waals surface area contributed by atoms with E-state index in [0.717, 1.165) is 18.4 Å². The Hall–Kier alpha value is -4.37. The van der Waals surface area contributed by atoms with Gasteiger partial charge in [-0.15, -0.1) is 0 Å². The molecular formula is C32H39N3O6. The van der Waals surface area contributed by atoms with Gasteiger partial charge in [-0.1, -0.05) is 74.0 Å². The van der Waals surface area contributed by atoms with Crippen LogP contribution in [0.4, 0.5) is 0 Å². The first kappa shape index (κ1) is 31.2. The van der Waals surface area contributed by atoms with Gasteiger partial charge in [0.15, 0.2) is 0 Å².